The molecule has 1 aromatic rings. The van der Waals surface area contributed by atoms with E-state index in [4.69, 9.17) is 17.3 Å². The summed E-state index contributed by atoms with van der Waals surface area (Å²) in [6.45, 7) is 5.53. The summed E-state index contributed by atoms with van der Waals surface area (Å²) in [6, 6.07) is 4.87. The van der Waals surface area contributed by atoms with E-state index in [1.165, 1.54) is 6.42 Å². The zero-order valence-electron chi connectivity index (χ0n) is 14.8. The molecule has 0 aromatic heterocycles. The van der Waals surface area contributed by atoms with E-state index in [1.54, 1.807) is 6.07 Å². The fraction of sp³-hybridized carbons (Fsp3) is 0.556. The fourth-order valence-electron chi connectivity index (χ4n) is 2.80. The van der Waals surface area contributed by atoms with E-state index in [1.807, 2.05) is 26.0 Å². The molecule has 0 aliphatic carbocycles. The number of rotatable bonds is 6. The van der Waals surface area contributed by atoms with Gasteiger partial charge in [0.1, 0.15) is 0 Å². The van der Waals surface area contributed by atoms with Crippen LogP contribution in [0.5, 0.6) is 0 Å². The van der Waals surface area contributed by atoms with Gasteiger partial charge in [-0.25, -0.2) is 0 Å². The average molecular weight is 367 g/mol. The van der Waals surface area contributed by atoms with Crippen molar-refractivity contribution in [3.05, 3.63) is 23.2 Å². The van der Waals surface area contributed by atoms with E-state index in [0.717, 1.165) is 31.6 Å². The second kappa shape index (κ2) is 9.06. The smallest absolute Gasteiger partial charge is 0.243 e. The zero-order chi connectivity index (χ0) is 18.4. The lowest BCUT2D eigenvalue weighted by atomic mass is 10.1. The first-order chi connectivity index (χ1) is 11.9. The minimum absolute atomic E-state index is 0.0155. The summed E-state index contributed by atoms with van der Waals surface area (Å²) >= 11 is 6.09. The van der Waals surface area contributed by atoms with Crippen molar-refractivity contribution < 1.29 is 9.59 Å². The summed E-state index contributed by atoms with van der Waals surface area (Å²) in [5.74, 6) is -0.612. The Morgan fingerprint density at radius 2 is 1.92 bits per heavy atom. The Morgan fingerprint density at radius 1 is 1.24 bits per heavy atom. The predicted molar refractivity (Wildman–Crippen MR) is 102 cm³/mol. The van der Waals surface area contributed by atoms with Gasteiger partial charge in [-0.15, -0.1) is 0 Å². The Balaban J connectivity index is 2.00. The maximum atomic E-state index is 12.2. The van der Waals surface area contributed by atoms with Crippen LogP contribution in [0.2, 0.25) is 5.02 Å². The molecule has 138 valence electrons. The lowest BCUT2D eigenvalue weighted by Crippen LogP contribution is -2.46. The van der Waals surface area contributed by atoms with E-state index in [0.29, 0.717) is 10.7 Å². The van der Waals surface area contributed by atoms with Crippen molar-refractivity contribution >= 4 is 34.8 Å². The molecule has 2 rings (SSSR count). The van der Waals surface area contributed by atoms with Gasteiger partial charge < -0.3 is 21.3 Å². The van der Waals surface area contributed by atoms with Crippen LogP contribution in [0.25, 0.3) is 0 Å². The Bertz CT molecular complexity index is 615. The number of nitrogens with one attached hydrogen (secondary N) is 2. The monoisotopic (exact) mass is 366 g/mol. The number of nitrogens with zero attached hydrogens (tertiary/aromatic N) is 1. The van der Waals surface area contributed by atoms with E-state index in [9.17, 15) is 9.59 Å². The topological polar surface area (TPSA) is 87.5 Å². The lowest BCUT2D eigenvalue weighted by molar-refractivity contribution is -0.125. The van der Waals surface area contributed by atoms with Crippen LogP contribution in [-0.4, -0.2) is 37.5 Å². The van der Waals surface area contributed by atoms with Crippen LogP contribution in [0.1, 0.15) is 33.1 Å². The highest BCUT2D eigenvalue weighted by molar-refractivity contribution is 6.31. The van der Waals surface area contributed by atoms with Gasteiger partial charge in [0.2, 0.25) is 11.8 Å². The third-order valence-corrected chi connectivity index (χ3v) is 4.61. The summed E-state index contributed by atoms with van der Waals surface area (Å²) in [5, 5.41) is 5.98. The van der Waals surface area contributed by atoms with E-state index in [-0.39, 0.29) is 24.3 Å². The number of amides is 2. The van der Waals surface area contributed by atoms with Crippen LogP contribution >= 0.6 is 11.6 Å². The van der Waals surface area contributed by atoms with Crippen LogP contribution in [0.3, 0.4) is 0 Å². The van der Waals surface area contributed by atoms with Crippen molar-refractivity contribution in [1.82, 2.24) is 5.32 Å². The SMILES string of the molecule is CC(C)[C@H](N)C(=O)NCC(=O)Nc1cc(Cl)ccc1N1CCCCC1. The van der Waals surface area contributed by atoms with Gasteiger partial charge in [0.15, 0.2) is 0 Å². The van der Waals surface area contributed by atoms with Gasteiger partial charge >= 0.3 is 0 Å². The Kier molecular flexibility index (Phi) is 7.08. The van der Waals surface area contributed by atoms with Crippen molar-refractivity contribution in [3.8, 4) is 0 Å². The molecule has 1 aromatic carbocycles. The zero-order valence-corrected chi connectivity index (χ0v) is 15.6. The molecule has 0 spiro atoms. The lowest BCUT2D eigenvalue weighted by Gasteiger charge is -2.30. The number of benzene rings is 1. The third-order valence-electron chi connectivity index (χ3n) is 4.37. The highest BCUT2D eigenvalue weighted by Crippen LogP contribution is 2.31. The molecule has 0 bridgehead atoms. The number of nitrogens with two attached hydrogens (primary N) is 1. The van der Waals surface area contributed by atoms with Gasteiger partial charge in [-0.3, -0.25) is 9.59 Å². The van der Waals surface area contributed by atoms with Crippen molar-refractivity contribution in [2.45, 2.75) is 39.2 Å². The third kappa shape index (κ3) is 5.61. The van der Waals surface area contributed by atoms with Gasteiger partial charge in [-0.1, -0.05) is 25.4 Å². The molecule has 0 unspecified atom stereocenters. The molecule has 0 radical (unpaired) electrons. The molecule has 2 amide bonds. The second-order valence-corrected chi connectivity index (χ2v) is 7.18. The molecule has 7 heteroatoms. The van der Waals surface area contributed by atoms with Crippen LogP contribution < -0.4 is 21.3 Å². The number of piperidine rings is 1. The highest BCUT2D eigenvalue weighted by atomic mass is 35.5. The summed E-state index contributed by atoms with van der Waals surface area (Å²) in [5.41, 5.74) is 7.40. The maximum absolute atomic E-state index is 12.2. The summed E-state index contributed by atoms with van der Waals surface area (Å²) in [7, 11) is 0. The maximum Gasteiger partial charge on any atom is 0.243 e. The largest absolute Gasteiger partial charge is 0.370 e. The molecular weight excluding hydrogens is 340 g/mol. The minimum Gasteiger partial charge on any atom is -0.370 e. The first-order valence-corrected chi connectivity index (χ1v) is 9.14. The fourth-order valence-corrected chi connectivity index (χ4v) is 2.97. The molecule has 0 saturated carbocycles. The molecule has 25 heavy (non-hydrogen) atoms. The molecule has 1 atom stereocenters. The number of carbonyl (C=O) groups is 2. The Labute approximate surface area is 154 Å². The second-order valence-electron chi connectivity index (χ2n) is 6.74. The van der Waals surface area contributed by atoms with Gasteiger partial charge in [-0.05, 0) is 43.4 Å². The average Bonchev–Trinajstić information content (AvgIpc) is 2.59. The van der Waals surface area contributed by atoms with Crippen LogP contribution in [-0.2, 0) is 9.59 Å². The summed E-state index contributed by atoms with van der Waals surface area (Å²) in [4.78, 5) is 26.3. The molecule has 1 aliphatic rings. The first kappa shape index (κ1) is 19.5. The van der Waals surface area contributed by atoms with Gasteiger partial charge in [0.05, 0.1) is 24.0 Å². The predicted octanol–water partition coefficient (Wildman–Crippen LogP) is 2.37. The first-order valence-electron chi connectivity index (χ1n) is 8.76. The van der Waals surface area contributed by atoms with Crippen LogP contribution in [0, 0.1) is 5.92 Å². The standard InChI is InChI=1S/C18H27ClN4O2/c1-12(2)17(20)18(25)21-11-16(24)22-14-10-13(19)6-7-15(14)23-8-4-3-5-9-23/h6-7,10,12,17H,3-5,8-9,11,20H2,1-2H3,(H,21,25)(H,22,24)/t17-/m0/s1. The van der Waals surface area contributed by atoms with Gasteiger partial charge in [0, 0.05) is 18.1 Å². The van der Waals surface area contributed by atoms with Crippen molar-refractivity contribution in [1.29, 1.82) is 0 Å². The molecular formula is C18H27ClN4O2. The molecule has 1 saturated heterocycles. The Morgan fingerprint density at radius 3 is 2.56 bits per heavy atom. The number of hydrogen-bond donors (Lipinski definition) is 3. The van der Waals surface area contributed by atoms with Crippen molar-refractivity contribution in [3.63, 3.8) is 0 Å². The highest BCUT2D eigenvalue weighted by Gasteiger charge is 2.19. The number of anilines is 2. The van der Waals surface area contributed by atoms with Gasteiger partial charge in [0.25, 0.3) is 0 Å². The minimum atomic E-state index is -0.622. The van der Waals surface area contributed by atoms with Crippen LogP contribution in [0.4, 0.5) is 11.4 Å². The molecule has 1 fully saturated rings. The Hall–Kier alpha value is -1.79. The molecule has 4 N–H and O–H groups in total. The number of halogens is 1. The van der Waals surface area contributed by atoms with E-state index in [2.05, 4.69) is 15.5 Å². The van der Waals surface area contributed by atoms with E-state index < -0.39 is 6.04 Å². The molecule has 1 aliphatic heterocycles. The summed E-state index contributed by atoms with van der Waals surface area (Å²) in [6.07, 6.45) is 3.51. The summed E-state index contributed by atoms with van der Waals surface area (Å²) < 4.78 is 0. The molecule has 1 heterocycles. The normalized spacial score (nSPS) is 15.8. The van der Waals surface area contributed by atoms with Crippen molar-refractivity contribution in [2.24, 2.45) is 11.7 Å². The number of hydrogen-bond acceptors (Lipinski definition) is 4. The number of carbonyl (C=O) groups excluding carboxylic acids is 2. The van der Waals surface area contributed by atoms with Crippen LogP contribution in [0.15, 0.2) is 18.2 Å². The van der Waals surface area contributed by atoms with Crippen molar-refractivity contribution in [2.75, 3.05) is 29.9 Å². The quantitative estimate of drug-likeness (QED) is 0.721. The van der Waals surface area contributed by atoms with Gasteiger partial charge in [-0.2, -0.15) is 0 Å². The van der Waals surface area contributed by atoms with E-state index >= 15 is 0 Å². The molecule has 6 nitrogen and oxygen atoms in total.